The Hall–Kier alpha value is -2.40. The van der Waals surface area contributed by atoms with Crippen molar-refractivity contribution < 1.29 is 14.3 Å². The highest BCUT2D eigenvalue weighted by atomic mass is 16.5. The molecule has 1 aromatic heterocycles. The van der Waals surface area contributed by atoms with E-state index in [4.69, 9.17) is 9.47 Å². The Morgan fingerprint density at radius 2 is 2.22 bits per heavy atom. The highest BCUT2D eigenvalue weighted by Crippen LogP contribution is 2.20. The van der Waals surface area contributed by atoms with E-state index in [0.717, 1.165) is 23.2 Å². The zero-order chi connectivity index (χ0) is 16.2. The van der Waals surface area contributed by atoms with Gasteiger partial charge < -0.3 is 14.8 Å². The van der Waals surface area contributed by atoms with Crippen LogP contribution in [0.5, 0.6) is 5.88 Å². The fourth-order valence-electron chi connectivity index (χ4n) is 2.47. The van der Waals surface area contributed by atoms with Crippen LogP contribution in [0, 0.1) is 13.8 Å². The summed E-state index contributed by atoms with van der Waals surface area (Å²) < 4.78 is 11.0. The molecule has 0 saturated carbocycles. The van der Waals surface area contributed by atoms with Crippen LogP contribution in [-0.2, 0) is 4.74 Å². The Morgan fingerprint density at radius 3 is 3.00 bits per heavy atom. The molecule has 1 N–H and O–H groups in total. The first-order valence-electron chi connectivity index (χ1n) is 7.71. The average molecular weight is 312 g/mol. The summed E-state index contributed by atoms with van der Waals surface area (Å²) in [5.41, 5.74) is 3.55. The summed E-state index contributed by atoms with van der Waals surface area (Å²) in [5, 5.41) is 2.94. The molecule has 0 radical (unpaired) electrons. The van der Waals surface area contributed by atoms with E-state index in [9.17, 15) is 4.79 Å². The third-order valence-corrected chi connectivity index (χ3v) is 4.03. The molecule has 1 aliphatic heterocycles. The first-order valence-corrected chi connectivity index (χ1v) is 7.71. The lowest BCUT2D eigenvalue weighted by molar-refractivity contribution is 0.102. The van der Waals surface area contributed by atoms with Crippen molar-refractivity contribution in [1.82, 2.24) is 4.98 Å². The molecule has 1 aromatic carbocycles. The van der Waals surface area contributed by atoms with Crippen molar-refractivity contribution in [2.75, 3.05) is 18.5 Å². The van der Waals surface area contributed by atoms with Crippen LogP contribution in [0.25, 0.3) is 0 Å². The number of hydrogen-bond donors (Lipinski definition) is 1. The SMILES string of the molecule is Cc1cccc(NC(=O)c2ccnc(OC3CCOC3)c2)c1C. The number of carbonyl (C=O) groups excluding carboxylic acids is 1. The number of aryl methyl sites for hydroxylation is 1. The molecular weight excluding hydrogens is 292 g/mol. The number of amides is 1. The van der Waals surface area contributed by atoms with E-state index in [2.05, 4.69) is 10.3 Å². The first kappa shape index (κ1) is 15.5. The molecular formula is C18H20N2O3. The standard InChI is InChI=1S/C18H20N2O3/c1-12-4-3-5-16(13(12)2)20-18(21)14-6-8-19-17(10-14)23-15-7-9-22-11-15/h3-6,8,10,15H,7,9,11H2,1-2H3,(H,20,21). The number of nitrogens with zero attached hydrogens (tertiary/aromatic N) is 1. The van der Waals surface area contributed by atoms with Gasteiger partial charge in [0.1, 0.15) is 6.10 Å². The van der Waals surface area contributed by atoms with Gasteiger partial charge in [-0.1, -0.05) is 12.1 Å². The maximum atomic E-state index is 12.4. The second-order valence-corrected chi connectivity index (χ2v) is 5.69. The Labute approximate surface area is 135 Å². The maximum Gasteiger partial charge on any atom is 0.255 e. The third-order valence-electron chi connectivity index (χ3n) is 4.03. The van der Waals surface area contributed by atoms with E-state index in [-0.39, 0.29) is 12.0 Å². The van der Waals surface area contributed by atoms with Gasteiger partial charge in [-0.2, -0.15) is 0 Å². The first-order chi connectivity index (χ1) is 11.1. The van der Waals surface area contributed by atoms with Crippen LogP contribution < -0.4 is 10.1 Å². The summed E-state index contributed by atoms with van der Waals surface area (Å²) in [7, 11) is 0. The Balaban J connectivity index is 1.73. The molecule has 0 aliphatic carbocycles. The molecule has 1 saturated heterocycles. The van der Waals surface area contributed by atoms with E-state index in [0.29, 0.717) is 24.7 Å². The highest BCUT2D eigenvalue weighted by Gasteiger charge is 2.18. The van der Waals surface area contributed by atoms with Gasteiger partial charge in [-0.15, -0.1) is 0 Å². The zero-order valence-electron chi connectivity index (χ0n) is 13.3. The number of benzene rings is 1. The van der Waals surface area contributed by atoms with Crippen molar-refractivity contribution in [3.63, 3.8) is 0 Å². The summed E-state index contributed by atoms with van der Waals surface area (Å²) in [5.74, 6) is 0.280. The number of carbonyl (C=O) groups is 1. The van der Waals surface area contributed by atoms with Gasteiger partial charge in [0.2, 0.25) is 5.88 Å². The fourth-order valence-corrected chi connectivity index (χ4v) is 2.47. The van der Waals surface area contributed by atoms with E-state index < -0.39 is 0 Å². The second kappa shape index (κ2) is 6.79. The van der Waals surface area contributed by atoms with Crippen LogP contribution in [0.15, 0.2) is 36.5 Å². The largest absolute Gasteiger partial charge is 0.472 e. The quantitative estimate of drug-likeness (QED) is 0.942. The number of anilines is 1. The molecule has 2 aromatic rings. The van der Waals surface area contributed by atoms with Gasteiger partial charge in [0.05, 0.1) is 13.2 Å². The minimum absolute atomic E-state index is 0.0137. The molecule has 23 heavy (non-hydrogen) atoms. The molecule has 0 spiro atoms. The van der Waals surface area contributed by atoms with Crippen molar-refractivity contribution in [1.29, 1.82) is 0 Å². The smallest absolute Gasteiger partial charge is 0.255 e. The Kier molecular flexibility index (Phi) is 4.57. The summed E-state index contributed by atoms with van der Waals surface area (Å²) in [6.07, 6.45) is 2.45. The minimum atomic E-state index is -0.173. The molecule has 120 valence electrons. The molecule has 1 amide bonds. The molecule has 1 atom stereocenters. The van der Waals surface area contributed by atoms with Crippen LogP contribution >= 0.6 is 0 Å². The van der Waals surface area contributed by atoms with Gasteiger partial charge in [0, 0.05) is 29.9 Å². The van der Waals surface area contributed by atoms with Gasteiger partial charge in [0.25, 0.3) is 5.91 Å². The molecule has 5 nitrogen and oxygen atoms in total. The predicted octanol–water partition coefficient (Wildman–Crippen LogP) is 3.12. The Bertz CT molecular complexity index is 709. The summed E-state index contributed by atoms with van der Waals surface area (Å²) in [6, 6.07) is 9.19. The average Bonchev–Trinajstić information content (AvgIpc) is 3.05. The molecule has 0 bridgehead atoms. The number of hydrogen-bond acceptors (Lipinski definition) is 4. The van der Waals surface area contributed by atoms with Crippen LogP contribution in [-0.4, -0.2) is 30.2 Å². The van der Waals surface area contributed by atoms with Gasteiger partial charge in [-0.25, -0.2) is 4.98 Å². The fraction of sp³-hybridized carbons (Fsp3) is 0.333. The molecule has 5 heteroatoms. The monoisotopic (exact) mass is 312 g/mol. The van der Waals surface area contributed by atoms with Crippen LogP contribution in [0.1, 0.15) is 27.9 Å². The highest BCUT2D eigenvalue weighted by molar-refractivity contribution is 6.04. The molecule has 1 unspecified atom stereocenters. The van der Waals surface area contributed by atoms with E-state index in [1.54, 1.807) is 18.3 Å². The normalized spacial score (nSPS) is 17.0. The summed E-state index contributed by atoms with van der Waals surface area (Å²) >= 11 is 0. The van der Waals surface area contributed by atoms with E-state index >= 15 is 0 Å². The van der Waals surface area contributed by atoms with Crippen molar-refractivity contribution >= 4 is 11.6 Å². The van der Waals surface area contributed by atoms with Crippen LogP contribution in [0.2, 0.25) is 0 Å². The minimum Gasteiger partial charge on any atom is -0.472 e. The van der Waals surface area contributed by atoms with Crippen molar-refractivity contribution in [2.45, 2.75) is 26.4 Å². The number of aromatic nitrogens is 1. The maximum absolute atomic E-state index is 12.4. The van der Waals surface area contributed by atoms with E-state index in [1.807, 2.05) is 32.0 Å². The zero-order valence-corrected chi connectivity index (χ0v) is 13.3. The van der Waals surface area contributed by atoms with Crippen molar-refractivity contribution in [2.24, 2.45) is 0 Å². The summed E-state index contributed by atoms with van der Waals surface area (Å²) in [4.78, 5) is 16.6. The second-order valence-electron chi connectivity index (χ2n) is 5.69. The van der Waals surface area contributed by atoms with Crippen molar-refractivity contribution in [3.8, 4) is 5.88 Å². The molecule has 3 rings (SSSR count). The molecule has 1 fully saturated rings. The predicted molar refractivity (Wildman–Crippen MR) is 88.0 cm³/mol. The topological polar surface area (TPSA) is 60.5 Å². The summed E-state index contributed by atoms with van der Waals surface area (Å²) in [6.45, 7) is 5.29. The van der Waals surface area contributed by atoms with Gasteiger partial charge in [0.15, 0.2) is 0 Å². The van der Waals surface area contributed by atoms with Crippen molar-refractivity contribution in [3.05, 3.63) is 53.2 Å². The van der Waals surface area contributed by atoms with E-state index in [1.165, 1.54) is 0 Å². The number of nitrogens with one attached hydrogen (secondary N) is 1. The van der Waals surface area contributed by atoms with Crippen LogP contribution in [0.3, 0.4) is 0 Å². The lowest BCUT2D eigenvalue weighted by Gasteiger charge is -2.13. The molecule has 2 heterocycles. The van der Waals surface area contributed by atoms with Crippen LogP contribution in [0.4, 0.5) is 5.69 Å². The Morgan fingerprint density at radius 1 is 1.35 bits per heavy atom. The third kappa shape index (κ3) is 3.68. The number of pyridine rings is 1. The molecule has 1 aliphatic rings. The number of rotatable bonds is 4. The van der Waals surface area contributed by atoms with Gasteiger partial charge in [-0.3, -0.25) is 4.79 Å². The lowest BCUT2D eigenvalue weighted by atomic mass is 10.1. The number of ether oxygens (including phenoxy) is 2. The van der Waals surface area contributed by atoms with Gasteiger partial charge in [-0.05, 0) is 37.1 Å². The van der Waals surface area contributed by atoms with Gasteiger partial charge >= 0.3 is 0 Å². The lowest BCUT2D eigenvalue weighted by Crippen LogP contribution is -2.17.